The second-order valence-electron chi connectivity index (χ2n) is 9.68. The number of halogens is 1. The van der Waals surface area contributed by atoms with Gasteiger partial charge in [-0.25, -0.2) is 15.0 Å². The molecule has 1 amide bonds. The maximum atomic E-state index is 13.5. The number of aromatic nitrogens is 3. The minimum absolute atomic E-state index is 0.145. The van der Waals surface area contributed by atoms with Gasteiger partial charge in [0.15, 0.2) is 9.49 Å². The van der Waals surface area contributed by atoms with Crippen LogP contribution in [0.4, 0.5) is 0 Å². The zero-order chi connectivity index (χ0) is 26.9. The Balaban J connectivity index is 1.58. The molecule has 0 spiro atoms. The van der Waals surface area contributed by atoms with Crippen LogP contribution in [0.3, 0.4) is 0 Å². The van der Waals surface area contributed by atoms with Crippen molar-refractivity contribution in [1.82, 2.24) is 25.2 Å². The molecule has 2 aromatic rings. The fourth-order valence-electron chi connectivity index (χ4n) is 5.11. The van der Waals surface area contributed by atoms with Gasteiger partial charge in [-0.1, -0.05) is 55.0 Å². The Kier molecular flexibility index (Phi) is 9.95. The highest BCUT2D eigenvalue weighted by atomic mass is 35.5. The molecule has 9 atom stereocenters. The molecule has 4 N–H and O–H groups in total. The third kappa shape index (κ3) is 6.36. The molecular formula is C23H34ClN5O5S3. The van der Waals surface area contributed by atoms with Gasteiger partial charge in [0.25, 0.3) is 0 Å². The van der Waals surface area contributed by atoms with E-state index < -0.39 is 35.9 Å². The van der Waals surface area contributed by atoms with Gasteiger partial charge in [-0.05, 0) is 32.1 Å². The Morgan fingerprint density at radius 3 is 2.76 bits per heavy atom. The van der Waals surface area contributed by atoms with E-state index in [1.54, 1.807) is 6.26 Å². The molecule has 4 heterocycles. The first-order valence-corrected chi connectivity index (χ1v) is 15.7. The van der Waals surface area contributed by atoms with Crippen LogP contribution < -0.4 is 5.32 Å². The maximum absolute atomic E-state index is 13.5. The van der Waals surface area contributed by atoms with Crippen molar-refractivity contribution < 1.29 is 24.9 Å². The lowest BCUT2D eigenvalue weighted by atomic mass is 9.92. The van der Waals surface area contributed by atoms with Gasteiger partial charge in [0.1, 0.15) is 46.5 Å². The number of thiazole rings is 1. The summed E-state index contributed by atoms with van der Waals surface area (Å²) in [6, 6.07) is -0.975. The first-order chi connectivity index (χ1) is 17.6. The Labute approximate surface area is 233 Å². The third-order valence-electron chi connectivity index (χ3n) is 7.06. The summed E-state index contributed by atoms with van der Waals surface area (Å²) in [5.74, 6) is 0.313. The molecule has 2 fully saturated rings. The van der Waals surface area contributed by atoms with E-state index in [4.69, 9.17) is 16.3 Å². The van der Waals surface area contributed by atoms with E-state index >= 15 is 0 Å². The number of likely N-dealkylation sites (N-methyl/N-ethyl adjacent to an activating group) is 1. The molecule has 2 aliphatic heterocycles. The molecule has 2 aliphatic rings. The van der Waals surface area contributed by atoms with Gasteiger partial charge in [0.2, 0.25) is 5.91 Å². The number of aliphatic hydroxyl groups is 3. The van der Waals surface area contributed by atoms with Crippen molar-refractivity contribution in [2.75, 3.05) is 19.8 Å². The Bertz CT molecular complexity index is 1080. The highest BCUT2D eigenvalue weighted by molar-refractivity contribution is 8.01. The number of amides is 1. The summed E-state index contributed by atoms with van der Waals surface area (Å²) < 4.78 is 6.76. The number of rotatable bonds is 9. The van der Waals surface area contributed by atoms with Gasteiger partial charge in [-0.2, -0.15) is 0 Å². The van der Waals surface area contributed by atoms with E-state index in [2.05, 4.69) is 32.1 Å². The molecule has 0 aromatic carbocycles. The summed E-state index contributed by atoms with van der Waals surface area (Å²) in [6.45, 7) is 4.91. The zero-order valence-electron chi connectivity index (χ0n) is 21.2. The molecule has 5 unspecified atom stereocenters. The van der Waals surface area contributed by atoms with Crippen LogP contribution >= 0.6 is 46.5 Å². The summed E-state index contributed by atoms with van der Waals surface area (Å²) in [6.07, 6.45) is 1.05. The molecule has 10 nitrogen and oxygen atoms in total. The van der Waals surface area contributed by atoms with Gasteiger partial charge >= 0.3 is 0 Å². The SMILES string of the molecule is CCC[C@@H]1C[C@H](C(=O)N[C@H](C2OC(SC)C(O)C(O)C2O)[C@@H](C)Sc2nc3c(Cl)ncnc3s2)N(C)C1. The Hall–Kier alpha value is -0.770. The van der Waals surface area contributed by atoms with E-state index in [0.717, 1.165) is 25.8 Å². The largest absolute Gasteiger partial charge is 0.388 e. The summed E-state index contributed by atoms with van der Waals surface area (Å²) in [7, 11) is 1.95. The van der Waals surface area contributed by atoms with Gasteiger partial charge in [0.05, 0.1) is 12.1 Å². The van der Waals surface area contributed by atoms with E-state index in [1.807, 2.05) is 14.0 Å². The van der Waals surface area contributed by atoms with Crippen LogP contribution in [0.25, 0.3) is 10.3 Å². The maximum Gasteiger partial charge on any atom is 0.237 e. The quantitative estimate of drug-likeness (QED) is 0.251. The van der Waals surface area contributed by atoms with E-state index in [-0.39, 0.29) is 22.4 Å². The van der Waals surface area contributed by atoms with Crippen LogP contribution in [-0.4, -0.2) is 108 Å². The van der Waals surface area contributed by atoms with Crippen LogP contribution in [-0.2, 0) is 9.53 Å². The number of aliphatic hydroxyl groups excluding tert-OH is 3. The number of carbonyl (C=O) groups excluding carboxylic acids is 1. The van der Waals surface area contributed by atoms with E-state index in [0.29, 0.717) is 20.6 Å². The Morgan fingerprint density at radius 1 is 1.32 bits per heavy atom. The van der Waals surface area contributed by atoms with Crippen LogP contribution in [0.1, 0.15) is 33.1 Å². The highest BCUT2D eigenvalue weighted by Gasteiger charge is 2.49. The fraction of sp³-hybridized carbons (Fsp3) is 0.739. The highest BCUT2D eigenvalue weighted by Crippen LogP contribution is 2.37. The number of nitrogens with zero attached hydrogens (tertiary/aromatic N) is 4. The van der Waals surface area contributed by atoms with Crippen LogP contribution in [0.2, 0.25) is 5.15 Å². The van der Waals surface area contributed by atoms with Crippen molar-refractivity contribution in [3.8, 4) is 0 Å². The van der Waals surface area contributed by atoms with E-state index in [9.17, 15) is 20.1 Å². The van der Waals surface area contributed by atoms with Crippen molar-refractivity contribution >= 4 is 62.7 Å². The smallest absolute Gasteiger partial charge is 0.237 e. The molecule has 206 valence electrons. The molecular weight excluding hydrogens is 558 g/mol. The fourth-order valence-corrected chi connectivity index (χ4v) is 8.38. The van der Waals surface area contributed by atoms with Gasteiger partial charge in [-0.3, -0.25) is 9.69 Å². The molecule has 0 bridgehead atoms. The lowest BCUT2D eigenvalue weighted by molar-refractivity contribution is -0.205. The summed E-state index contributed by atoms with van der Waals surface area (Å²) in [5.41, 5.74) is -0.242. The Morgan fingerprint density at radius 2 is 2.08 bits per heavy atom. The standard InChI is InChI=1S/C23H34ClN5O5S3/c1-5-6-11-7-12(29(3)8-11)20(33)27-13(18-16(31)15(30)17(32)22(34-18)35-4)10(2)36-23-28-14-19(24)25-9-26-21(14)37-23/h9-13,15-18,22,30-32H,5-8H2,1-4H3,(H,27,33)/t10-,11-,12-,13+,15?,16?,17?,18?,22?/m1/s1. The summed E-state index contributed by atoms with van der Waals surface area (Å²) in [5, 5.41) is 35.0. The lowest BCUT2D eigenvalue weighted by Crippen LogP contribution is -2.65. The van der Waals surface area contributed by atoms with Gasteiger partial charge in [0, 0.05) is 11.8 Å². The van der Waals surface area contributed by atoms with Crippen LogP contribution in [0.15, 0.2) is 10.7 Å². The van der Waals surface area contributed by atoms with Crippen molar-refractivity contribution in [3.05, 3.63) is 11.5 Å². The molecule has 37 heavy (non-hydrogen) atoms. The molecule has 2 aromatic heterocycles. The van der Waals surface area contributed by atoms with Crippen molar-refractivity contribution in [2.24, 2.45) is 5.92 Å². The number of fused-ring (bicyclic) bond motifs is 1. The summed E-state index contributed by atoms with van der Waals surface area (Å²) in [4.78, 5) is 29.0. The average Bonchev–Trinajstić information content (AvgIpc) is 3.45. The van der Waals surface area contributed by atoms with Gasteiger partial charge < -0.3 is 25.4 Å². The topological polar surface area (TPSA) is 141 Å². The van der Waals surface area contributed by atoms with Crippen molar-refractivity contribution in [1.29, 1.82) is 0 Å². The molecule has 0 aliphatic carbocycles. The number of nitrogens with one attached hydrogen (secondary N) is 1. The van der Waals surface area contributed by atoms with E-state index in [1.165, 1.54) is 41.2 Å². The second kappa shape index (κ2) is 12.6. The van der Waals surface area contributed by atoms with Crippen molar-refractivity contribution in [3.63, 3.8) is 0 Å². The van der Waals surface area contributed by atoms with Crippen molar-refractivity contribution in [2.45, 2.75) is 84.6 Å². The first-order valence-electron chi connectivity index (χ1n) is 12.3. The lowest BCUT2D eigenvalue weighted by Gasteiger charge is -2.44. The summed E-state index contributed by atoms with van der Waals surface area (Å²) >= 11 is 10.2. The molecule has 0 radical (unpaired) electrons. The number of hydrogen-bond donors (Lipinski definition) is 4. The number of likely N-dealkylation sites (tertiary alicyclic amines) is 1. The third-order valence-corrected chi connectivity index (χ3v) is 10.4. The number of hydrogen-bond acceptors (Lipinski definition) is 12. The number of ether oxygens (including phenoxy) is 1. The monoisotopic (exact) mass is 591 g/mol. The molecule has 2 saturated heterocycles. The van der Waals surface area contributed by atoms with Gasteiger partial charge in [-0.15, -0.1) is 11.8 Å². The zero-order valence-corrected chi connectivity index (χ0v) is 24.4. The minimum Gasteiger partial charge on any atom is -0.388 e. The number of thioether (sulfide) groups is 2. The second-order valence-corrected chi connectivity index (χ2v) is 13.6. The normalized spacial score (nSPS) is 32.5. The van der Waals surface area contributed by atoms with Crippen LogP contribution in [0.5, 0.6) is 0 Å². The molecule has 14 heteroatoms. The molecule has 4 rings (SSSR count). The first kappa shape index (κ1) is 29.2. The number of carbonyl (C=O) groups is 1. The molecule has 0 saturated carbocycles. The minimum atomic E-state index is -1.41. The predicted octanol–water partition coefficient (Wildman–Crippen LogP) is 2.00. The predicted molar refractivity (Wildman–Crippen MR) is 147 cm³/mol. The van der Waals surface area contributed by atoms with Crippen LogP contribution in [0, 0.1) is 5.92 Å². The average molecular weight is 592 g/mol.